The van der Waals surface area contributed by atoms with Gasteiger partial charge < -0.3 is 14.5 Å². The summed E-state index contributed by atoms with van der Waals surface area (Å²) in [5.41, 5.74) is 14.6. The minimum absolute atomic E-state index is 0.0214. The highest BCUT2D eigenvalue weighted by molar-refractivity contribution is 6.09. The molecule has 0 spiro atoms. The molecule has 6 aromatic carbocycles. The SMILES string of the molecule is CC(C)(C)c1cc(N2CN(c3cccc(Oc4ccc5c6ccccc6n(-c6cc(-c7ccc(C(C)(C)C)cc7C(C)(C)C)ccn6)c5c4)c3)c3ccccc32)cc(C(C)(C)C)c1. The fraction of sp³-hybridized carbons (Fsp3) is 0.293. The van der Waals surface area contributed by atoms with Crippen LogP contribution < -0.4 is 14.5 Å². The first-order chi connectivity index (χ1) is 29.7. The molecule has 0 saturated heterocycles. The minimum Gasteiger partial charge on any atom is -0.457 e. The maximum Gasteiger partial charge on any atom is 0.138 e. The van der Waals surface area contributed by atoms with Crippen molar-refractivity contribution in [3.8, 4) is 28.4 Å². The zero-order chi connectivity index (χ0) is 44.6. The van der Waals surface area contributed by atoms with Crippen molar-refractivity contribution in [1.29, 1.82) is 0 Å². The lowest BCUT2D eigenvalue weighted by atomic mass is 9.77. The van der Waals surface area contributed by atoms with Crippen molar-refractivity contribution in [3.63, 3.8) is 0 Å². The Morgan fingerprint density at radius 2 is 1.08 bits per heavy atom. The Labute approximate surface area is 375 Å². The van der Waals surface area contributed by atoms with E-state index >= 15 is 0 Å². The average Bonchev–Trinajstić information content (AvgIpc) is 3.78. The average molecular weight is 831 g/mol. The van der Waals surface area contributed by atoms with Crippen molar-refractivity contribution < 1.29 is 4.74 Å². The summed E-state index contributed by atoms with van der Waals surface area (Å²) in [5.74, 6) is 2.42. The summed E-state index contributed by atoms with van der Waals surface area (Å²) in [7, 11) is 0. The first kappa shape index (κ1) is 42.0. The van der Waals surface area contributed by atoms with Crippen molar-refractivity contribution >= 4 is 44.6 Å². The lowest BCUT2D eigenvalue weighted by Crippen LogP contribution is -2.25. The molecule has 1 aliphatic heterocycles. The smallest absolute Gasteiger partial charge is 0.138 e. The summed E-state index contributed by atoms with van der Waals surface area (Å²) in [5, 5.41) is 2.33. The molecule has 2 aromatic heterocycles. The Bertz CT molecular complexity index is 2980. The van der Waals surface area contributed by atoms with Crippen LogP contribution in [0.2, 0.25) is 0 Å². The zero-order valence-corrected chi connectivity index (χ0v) is 39.3. The van der Waals surface area contributed by atoms with E-state index in [-0.39, 0.29) is 21.7 Å². The van der Waals surface area contributed by atoms with Crippen LogP contribution in [0.4, 0.5) is 22.7 Å². The van der Waals surface area contributed by atoms with E-state index in [2.05, 4.69) is 231 Å². The molecule has 3 heterocycles. The number of hydrogen-bond acceptors (Lipinski definition) is 4. The van der Waals surface area contributed by atoms with E-state index in [1.165, 1.54) is 50.3 Å². The van der Waals surface area contributed by atoms with Crippen LogP contribution in [0.5, 0.6) is 11.5 Å². The third kappa shape index (κ3) is 7.99. The van der Waals surface area contributed by atoms with Crippen molar-refractivity contribution in [2.45, 2.75) is 105 Å². The topological polar surface area (TPSA) is 33.5 Å². The predicted octanol–water partition coefficient (Wildman–Crippen LogP) is 16.1. The summed E-state index contributed by atoms with van der Waals surface area (Å²) in [6, 6.07) is 50.8. The maximum absolute atomic E-state index is 6.79. The number of benzene rings is 6. The number of rotatable bonds is 6. The molecule has 0 radical (unpaired) electrons. The van der Waals surface area contributed by atoms with Gasteiger partial charge in [0.2, 0.25) is 0 Å². The van der Waals surface area contributed by atoms with Crippen LogP contribution in [0.25, 0.3) is 38.8 Å². The van der Waals surface area contributed by atoms with E-state index in [4.69, 9.17) is 9.72 Å². The highest BCUT2D eigenvalue weighted by Gasteiger charge is 2.31. The third-order valence-electron chi connectivity index (χ3n) is 12.7. The van der Waals surface area contributed by atoms with Gasteiger partial charge in [0.25, 0.3) is 0 Å². The predicted molar refractivity (Wildman–Crippen MR) is 267 cm³/mol. The Morgan fingerprint density at radius 1 is 0.460 bits per heavy atom. The van der Waals surface area contributed by atoms with E-state index in [0.717, 1.165) is 45.0 Å². The number of hydrogen-bond donors (Lipinski definition) is 0. The van der Waals surface area contributed by atoms with Gasteiger partial charge in [-0.05, 0) is 122 Å². The van der Waals surface area contributed by atoms with Crippen molar-refractivity contribution in [2.75, 3.05) is 16.5 Å². The maximum atomic E-state index is 6.79. The third-order valence-corrected chi connectivity index (χ3v) is 12.7. The number of anilines is 4. The van der Waals surface area contributed by atoms with Gasteiger partial charge in [0.15, 0.2) is 0 Å². The van der Waals surface area contributed by atoms with Gasteiger partial charge in [0.05, 0.1) is 22.4 Å². The molecule has 5 heteroatoms. The molecule has 9 rings (SSSR count). The molecule has 5 nitrogen and oxygen atoms in total. The van der Waals surface area contributed by atoms with E-state index < -0.39 is 0 Å². The van der Waals surface area contributed by atoms with E-state index in [0.29, 0.717) is 6.67 Å². The van der Waals surface area contributed by atoms with Crippen LogP contribution in [0.15, 0.2) is 146 Å². The normalized spacial score (nSPS) is 13.6. The lowest BCUT2D eigenvalue weighted by molar-refractivity contribution is 0.483. The molecule has 320 valence electrons. The second-order valence-electron chi connectivity index (χ2n) is 21.5. The monoisotopic (exact) mass is 830 g/mol. The fourth-order valence-electron chi connectivity index (χ4n) is 8.99. The summed E-state index contributed by atoms with van der Waals surface area (Å²) < 4.78 is 9.08. The fourth-order valence-corrected chi connectivity index (χ4v) is 8.99. The molecule has 0 amide bonds. The summed E-state index contributed by atoms with van der Waals surface area (Å²) in [4.78, 5) is 9.86. The molecule has 0 unspecified atom stereocenters. The van der Waals surface area contributed by atoms with Crippen LogP contribution >= 0.6 is 0 Å². The van der Waals surface area contributed by atoms with Crippen molar-refractivity contribution in [2.24, 2.45) is 0 Å². The van der Waals surface area contributed by atoms with Crippen LogP contribution in [0, 0.1) is 0 Å². The lowest BCUT2D eigenvalue weighted by Gasteiger charge is -2.29. The number of nitrogens with zero attached hydrogens (tertiary/aromatic N) is 4. The molecular weight excluding hydrogens is 769 g/mol. The zero-order valence-electron chi connectivity index (χ0n) is 39.3. The Hall–Kier alpha value is -6.33. The molecule has 63 heavy (non-hydrogen) atoms. The number of aromatic nitrogens is 2. The van der Waals surface area contributed by atoms with Gasteiger partial charge in [0, 0.05) is 40.5 Å². The van der Waals surface area contributed by atoms with E-state index in [9.17, 15) is 0 Å². The molecule has 0 atom stereocenters. The summed E-state index contributed by atoms with van der Waals surface area (Å²) in [6.45, 7) is 28.3. The van der Waals surface area contributed by atoms with Gasteiger partial charge >= 0.3 is 0 Å². The van der Waals surface area contributed by atoms with Crippen LogP contribution in [0.3, 0.4) is 0 Å². The number of ether oxygens (including phenoxy) is 1. The molecule has 8 aromatic rings. The van der Waals surface area contributed by atoms with E-state index in [1.807, 2.05) is 12.3 Å². The first-order valence-electron chi connectivity index (χ1n) is 22.5. The standard InChI is InChI=1S/C58H62N4O/c1-55(2,3)39-24-26-46(49(34-39)58(10,11)12)38-28-29-59-54(30-38)62-50-21-14-13-20-47(50)48-27-25-45(36-53(48)62)63-44-19-17-18-42(35-44)60-37-61(52-23-16-15-22-51(52)60)43-32-40(56(4,5)6)31-41(33-43)57(7,8)9/h13-36H,37H2,1-12H3. The Balaban J connectivity index is 1.07. The van der Waals surface area contributed by atoms with Crippen LogP contribution in [-0.2, 0) is 21.7 Å². The highest BCUT2D eigenvalue weighted by atomic mass is 16.5. The largest absolute Gasteiger partial charge is 0.457 e. The minimum atomic E-state index is -0.0395. The van der Waals surface area contributed by atoms with Crippen molar-refractivity contribution in [3.05, 3.63) is 168 Å². The molecule has 0 aliphatic carbocycles. The Kier molecular flexibility index (Phi) is 10.1. The van der Waals surface area contributed by atoms with E-state index in [1.54, 1.807) is 0 Å². The van der Waals surface area contributed by atoms with Crippen molar-refractivity contribution in [1.82, 2.24) is 9.55 Å². The van der Waals surface area contributed by atoms with Gasteiger partial charge in [0.1, 0.15) is 24.0 Å². The first-order valence-corrected chi connectivity index (χ1v) is 22.5. The second kappa shape index (κ2) is 15.2. The molecule has 0 fully saturated rings. The molecule has 0 saturated carbocycles. The van der Waals surface area contributed by atoms with Gasteiger partial charge in [-0.3, -0.25) is 4.57 Å². The number of fused-ring (bicyclic) bond motifs is 4. The van der Waals surface area contributed by atoms with Gasteiger partial charge in [-0.15, -0.1) is 0 Å². The van der Waals surface area contributed by atoms with Gasteiger partial charge in [-0.2, -0.15) is 0 Å². The molecule has 0 bridgehead atoms. The van der Waals surface area contributed by atoms with Gasteiger partial charge in [-0.1, -0.05) is 144 Å². The quantitative estimate of drug-likeness (QED) is 0.167. The Morgan fingerprint density at radius 3 is 1.75 bits per heavy atom. The second-order valence-corrected chi connectivity index (χ2v) is 21.5. The van der Waals surface area contributed by atoms with Crippen LogP contribution in [-0.4, -0.2) is 16.2 Å². The van der Waals surface area contributed by atoms with Gasteiger partial charge in [-0.25, -0.2) is 4.98 Å². The highest BCUT2D eigenvalue weighted by Crippen LogP contribution is 2.47. The molecule has 0 N–H and O–H groups in total. The summed E-state index contributed by atoms with van der Waals surface area (Å²) in [6.07, 6.45) is 1.95. The number of para-hydroxylation sites is 3. The van der Waals surface area contributed by atoms with Crippen LogP contribution in [0.1, 0.15) is 105 Å². The molecule has 1 aliphatic rings. The summed E-state index contributed by atoms with van der Waals surface area (Å²) >= 11 is 0. The number of pyridine rings is 1. The molecular formula is C58H62N4O.